The van der Waals surface area contributed by atoms with Gasteiger partial charge in [0.1, 0.15) is 0 Å². The van der Waals surface area contributed by atoms with Gasteiger partial charge in [0, 0.05) is 43.8 Å². The van der Waals surface area contributed by atoms with E-state index < -0.39 is 10.0 Å². The average molecular weight is 380 g/mol. The Hall–Kier alpha value is -1.90. The Morgan fingerprint density at radius 1 is 1.16 bits per heavy atom. The quantitative estimate of drug-likeness (QED) is 0.863. The van der Waals surface area contributed by atoms with Gasteiger partial charge in [0.15, 0.2) is 0 Å². The van der Waals surface area contributed by atoms with Crippen molar-refractivity contribution in [1.29, 1.82) is 0 Å². The third-order valence-corrected chi connectivity index (χ3v) is 7.09. The summed E-state index contributed by atoms with van der Waals surface area (Å²) in [4.78, 5) is 14.6. The predicted molar refractivity (Wildman–Crippen MR) is 99.7 cm³/mol. The van der Waals surface area contributed by atoms with Crippen molar-refractivity contribution >= 4 is 33.0 Å². The highest BCUT2D eigenvalue weighted by molar-refractivity contribution is 7.89. The van der Waals surface area contributed by atoms with E-state index >= 15 is 0 Å². The van der Waals surface area contributed by atoms with Gasteiger partial charge in [-0.05, 0) is 25.1 Å². The average Bonchev–Trinajstić information content (AvgIpc) is 3.14. The third kappa shape index (κ3) is 3.86. The summed E-state index contributed by atoms with van der Waals surface area (Å²) < 4.78 is 27.1. The third-order valence-electron chi connectivity index (χ3n) is 4.13. The van der Waals surface area contributed by atoms with Crippen LogP contribution in [0.15, 0.2) is 46.7 Å². The topological polar surface area (TPSA) is 69.7 Å². The maximum absolute atomic E-state index is 12.8. The van der Waals surface area contributed by atoms with Gasteiger partial charge in [0.05, 0.1) is 9.77 Å². The summed E-state index contributed by atoms with van der Waals surface area (Å²) in [6, 6.07) is 11.4. The summed E-state index contributed by atoms with van der Waals surface area (Å²) >= 11 is 1.16. The molecule has 1 aliphatic rings. The minimum absolute atomic E-state index is 0.201. The van der Waals surface area contributed by atoms with E-state index in [2.05, 4.69) is 10.2 Å². The summed E-state index contributed by atoms with van der Waals surface area (Å²) in [6.45, 7) is 4.51. The zero-order valence-electron chi connectivity index (χ0n) is 14.0. The lowest BCUT2D eigenvalue weighted by Gasteiger charge is -2.35. The number of benzene rings is 1. The fourth-order valence-corrected chi connectivity index (χ4v) is 5.40. The first-order valence-corrected chi connectivity index (χ1v) is 10.5. The summed E-state index contributed by atoms with van der Waals surface area (Å²) in [5.74, 6) is -0.233. The van der Waals surface area contributed by atoms with Gasteiger partial charge in [-0.25, -0.2) is 8.42 Å². The van der Waals surface area contributed by atoms with Crippen LogP contribution >= 0.6 is 11.3 Å². The number of piperazine rings is 1. The fourth-order valence-electron chi connectivity index (χ4n) is 2.80. The number of nitrogens with zero attached hydrogens (tertiary/aromatic N) is 2. The number of amides is 1. The molecule has 8 heteroatoms. The van der Waals surface area contributed by atoms with Crippen LogP contribution < -0.4 is 10.2 Å². The fraction of sp³-hybridized carbons (Fsp3) is 0.353. The first-order valence-electron chi connectivity index (χ1n) is 8.19. The van der Waals surface area contributed by atoms with Crippen molar-refractivity contribution < 1.29 is 13.2 Å². The molecule has 6 nitrogen and oxygen atoms in total. The molecule has 0 atom stereocenters. The molecule has 0 unspecified atom stereocenters. The van der Waals surface area contributed by atoms with E-state index in [1.54, 1.807) is 5.38 Å². The van der Waals surface area contributed by atoms with E-state index in [1.807, 2.05) is 37.3 Å². The van der Waals surface area contributed by atoms with Gasteiger partial charge in [0.2, 0.25) is 10.0 Å². The number of sulfonamides is 1. The lowest BCUT2D eigenvalue weighted by molar-refractivity contribution is 0.0959. The predicted octanol–water partition coefficient (Wildman–Crippen LogP) is 2.01. The maximum Gasteiger partial charge on any atom is 0.261 e. The Balaban J connectivity index is 1.69. The zero-order valence-corrected chi connectivity index (χ0v) is 15.6. The molecule has 1 aliphatic heterocycles. The molecule has 134 valence electrons. The first-order chi connectivity index (χ1) is 12.0. The van der Waals surface area contributed by atoms with Crippen LogP contribution in [0, 0.1) is 0 Å². The van der Waals surface area contributed by atoms with Crippen LogP contribution in [-0.2, 0) is 10.0 Å². The van der Waals surface area contributed by atoms with Crippen molar-refractivity contribution in [2.24, 2.45) is 0 Å². The highest BCUT2D eigenvalue weighted by Gasteiger charge is 2.29. The van der Waals surface area contributed by atoms with E-state index in [-0.39, 0.29) is 10.8 Å². The van der Waals surface area contributed by atoms with Gasteiger partial charge < -0.3 is 10.2 Å². The molecule has 0 radical (unpaired) electrons. The van der Waals surface area contributed by atoms with Gasteiger partial charge in [-0.2, -0.15) is 4.31 Å². The summed E-state index contributed by atoms with van der Waals surface area (Å²) in [7, 11) is -3.56. The lowest BCUT2D eigenvalue weighted by Crippen LogP contribution is -2.48. The molecule has 1 aromatic heterocycles. The number of hydrogen-bond donors (Lipinski definition) is 1. The van der Waals surface area contributed by atoms with Gasteiger partial charge in [-0.1, -0.05) is 18.2 Å². The molecular formula is C17H21N3O3S2. The van der Waals surface area contributed by atoms with E-state index in [0.29, 0.717) is 37.6 Å². The number of para-hydroxylation sites is 1. The van der Waals surface area contributed by atoms with Gasteiger partial charge >= 0.3 is 0 Å². The van der Waals surface area contributed by atoms with E-state index in [1.165, 1.54) is 10.4 Å². The molecule has 1 amide bonds. The highest BCUT2D eigenvalue weighted by atomic mass is 32.2. The van der Waals surface area contributed by atoms with Crippen LogP contribution in [0.5, 0.6) is 0 Å². The molecule has 1 saturated heterocycles. The van der Waals surface area contributed by atoms with Crippen molar-refractivity contribution in [3.05, 3.63) is 46.7 Å². The minimum atomic E-state index is -3.56. The number of hydrogen-bond acceptors (Lipinski definition) is 5. The van der Waals surface area contributed by atoms with Crippen LogP contribution in [0.1, 0.15) is 16.6 Å². The van der Waals surface area contributed by atoms with Crippen LogP contribution in [0.4, 0.5) is 5.69 Å². The highest BCUT2D eigenvalue weighted by Crippen LogP contribution is 2.25. The van der Waals surface area contributed by atoms with Gasteiger partial charge in [-0.15, -0.1) is 11.3 Å². The summed E-state index contributed by atoms with van der Waals surface area (Å²) in [6.07, 6.45) is 0. The Morgan fingerprint density at radius 2 is 1.84 bits per heavy atom. The number of carbonyl (C=O) groups excluding carboxylic acids is 1. The molecular weight excluding hydrogens is 358 g/mol. The second-order valence-electron chi connectivity index (χ2n) is 5.73. The van der Waals surface area contributed by atoms with Crippen molar-refractivity contribution in [3.8, 4) is 0 Å². The van der Waals surface area contributed by atoms with Gasteiger partial charge in [-0.3, -0.25) is 4.79 Å². The molecule has 2 aromatic rings. The second-order valence-corrected chi connectivity index (χ2v) is 8.58. The normalized spacial score (nSPS) is 16.0. The van der Waals surface area contributed by atoms with E-state index in [9.17, 15) is 13.2 Å². The Morgan fingerprint density at radius 3 is 2.48 bits per heavy atom. The molecule has 0 spiro atoms. The first kappa shape index (κ1) is 17.9. The number of nitrogens with one attached hydrogen (secondary N) is 1. The van der Waals surface area contributed by atoms with E-state index in [4.69, 9.17) is 0 Å². The van der Waals surface area contributed by atoms with Gasteiger partial charge in [0.25, 0.3) is 5.91 Å². The van der Waals surface area contributed by atoms with Crippen molar-refractivity contribution in [2.45, 2.75) is 11.8 Å². The van der Waals surface area contributed by atoms with E-state index in [0.717, 1.165) is 17.0 Å². The smallest absolute Gasteiger partial charge is 0.261 e. The molecule has 0 bridgehead atoms. The molecule has 2 heterocycles. The van der Waals surface area contributed by atoms with Crippen molar-refractivity contribution in [2.75, 3.05) is 37.6 Å². The number of anilines is 1. The molecule has 1 aromatic carbocycles. The van der Waals surface area contributed by atoms with Crippen molar-refractivity contribution in [3.63, 3.8) is 0 Å². The SMILES string of the molecule is CCNC(=O)c1cc(S(=O)(=O)N2CCN(c3ccccc3)CC2)cs1. The van der Waals surface area contributed by atoms with Crippen LogP contribution in [-0.4, -0.2) is 51.4 Å². The van der Waals surface area contributed by atoms with Crippen LogP contribution in [0.25, 0.3) is 0 Å². The number of carbonyl (C=O) groups is 1. The monoisotopic (exact) mass is 379 g/mol. The molecule has 3 rings (SSSR count). The molecule has 0 saturated carbocycles. The number of rotatable bonds is 5. The second kappa shape index (κ2) is 7.55. The lowest BCUT2D eigenvalue weighted by atomic mass is 10.2. The molecule has 25 heavy (non-hydrogen) atoms. The Labute approximate surface area is 152 Å². The zero-order chi connectivity index (χ0) is 17.9. The minimum Gasteiger partial charge on any atom is -0.369 e. The summed E-state index contributed by atoms with van der Waals surface area (Å²) in [5.41, 5.74) is 1.11. The molecule has 1 fully saturated rings. The van der Waals surface area contributed by atoms with Crippen LogP contribution in [0.2, 0.25) is 0 Å². The maximum atomic E-state index is 12.8. The van der Waals surface area contributed by atoms with Crippen molar-refractivity contribution in [1.82, 2.24) is 9.62 Å². The van der Waals surface area contributed by atoms with Crippen LogP contribution in [0.3, 0.4) is 0 Å². The largest absolute Gasteiger partial charge is 0.369 e. The Kier molecular flexibility index (Phi) is 5.41. The molecule has 0 aliphatic carbocycles. The summed E-state index contributed by atoms with van der Waals surface area (Å²) in [5, 5.41) is 4.23. The molecule has 1 N–H and O–H groups in total. The Bertz CT molecular complexity index is 826. The number of thiophene rings is 1. The standard InChI is InChI=1S/C17H21N3O3S2/c1-2-18-17(21)16-12-15(13-24-16)25(22,23)20-10-8-19(9-11-20)14-6-4-3-5-7-14/h3-7,12-13H,2,8-11H2,1H3,(H,18,21).